The molecule has 0 aliphatic carbocycles. The third kappa shape index (κ3) is 7.51. The molecule has 32 heavy (non-hydrogen) atoms. The summed E-state index contributed by atoms with van der Waals surface area (Å²) in [6.45, 7) is 11.1. The molecule has 9 heteroatoms. The van der Waals surface area contributed by atoms with Gasteiger partial charge in [0.05, 0.1) is 16.2 Å². The number of benzene rings is 1. The number of para-hydroxylation sites is 1. The van der Waals surface area contributed by atoms with Gasteiger partial charge in [0.1, 0.15) is 19.4 Å². The highest BCUT2D eigenvalue weighted by Gasteiger charge is 2.12. The van der Waals surface area contributed by atoms with E-state index in [2.05, 4.69) is 63.0 Å². The molecule has 3 heterocycles. The first kappa shape index (κ1) is 28.8. The molecule has 0 saturated carbocycles. The van der Waals surface area contributed by atoms with Crippen molar-refractivity contribution in [1.82, 2.24) is 19.6 Å². The molecule has 0 fully saturated rings. The van der Waals surface area contributed by atoms with E-state index in [0.717, 1.165) is 44.5 Å². The Hall–Kier alpha value is -3.17. The summed E-state index contributed by atoms with van der Waals surface area (Å²) < 4.78 is 2.66. The van der Waals surface area contributed by atoms with E-state index in [9.17, 15) is 0 Å². The van der Waals surface area contributed by atoms with Crippen LogP contribution in [0.4, 0.5) is 5.82 Å². The number of pyridine rings is 1. The number of fused-ring (bicyclic) bond motifs is 2. The van der Waals surface area contributed by atoms with Gasteiger partial charge in [-0.25, -0.2) is 9.50 Å². The number of anilines is 1. The van der Waals surface area contributed by atoms with E-state index < -0.39 is 0 Å². The first-order chi connectivity index (χ1) is 15.7. The molecule has 0 aliphatic rings. The topological polar surface area (TPSA) is 115 Å². The predicted molar refractivity (Wildman–Crippen MR) is 136 cm³/mol. The third-order valence-corrected chi connectivity index (χ3v) is 4.27. The zero-order valence-corrected chi connectivity index (χ0v) is 20.6. The Labute approximate surface area is 197 Å². The first-order valence-corrected chi connectivity index (χ1v) is 10.8. The molecule has 0 saturated heterocycles. The molecule has 172 valence electrons. The third-order valence-electron chi connectivity index (χ3n) is 3.69. The van der Waals surface area contributed by atoms with Crippen LogP contribution >= 0.6 is 15.9 Å². The predicted octanol–water partition coefficient (Wildman–Crippen LogP) is 4.76. The van der Waals surface area contributed by atoms with Gasteiger partial charge in [0.2, 0.25) is 0 Å². The number of nitrogens with two attached hydrogens (primary N) is 1. The fraction of sp³-hybridized carbons (Fsp3) is 0.261. The number of carbonyl (C=O) groups excluding carboxylic acids is 2. The van der Waals surface area contributed by atoms with E-state index >= 15 is 0 Å². The zero-order valence-electron chi connectivity index (χ0n) is 19.0. The maximum absolute atomic E-state index is 8.00. The van der Waals surface area contributed by atoms with Crippen LogP contribution < -0.4 is 11.1 Å². The van der Waals surface area contributed by atoms with Crippen molar-refractivity contribution in [3.63, 3.8) is 0 Å². The second-order valence-corrected chi connectivity index (χ2v) is 6.77. The number of hydrogen-bond donors (Lipinski definition) is 2. The molecule has 3 aromatic heterocycles. The van der Waals surface area contributed by atoms with Crippen LogP contribution in [0.15, 0.2) is 53.4 Å². The van der Waals surface area contributed by atoms with Crippen LogP contribution in [0, 0.1) is 0 Å². The van der Waals surface area contributed by atoms with Gasteiger partial charge in [-0.15, -0.1) is 0 Å². The fourth-order valence-electron chi connectivity index (χ4n) is 2.60. The second-order valence-electron chi connectivity index (χ2n) is 5.92. The monoisotopic (exact) mass is 502 g/mol. The van der Waals surface area contributed by atoms with Crippen LogP contribution in [-0.4, -0.2) is 46.8 Å². The number of nitrogens with zero attached hydrogens (tertiary/aromatic N) is 4. The van der Waals surface area contributed by atoms with Gasteiger partial charge in [0.15, 0.2) is 5.65 Å². The smallest absolute Gasteiger partial charge is 0.165 e. The van der Waals surface area contributed by atoms with Gasteiger partial charge in [-0.2, -0.15) is 5.10 Å². The second kappa shape index (κ2) is 16.5. The van der Waals surface area contributed by atoms with Crippen molar-refractivity contribution in [3.05, 3.63) is 53.4 Å². The Morgan fingerprint density at radius 3 is 2.31 bits per heavy atom. The average Bonchev–Trinajstić information content (AvgIpc) is 3.26. The number of hydrogen-bond acceptors (Lipinski definition) is 7. The lowest BCUT2D eigenvalue weighted by Gasteiger charge is -2.07. The summed E-state index contributed by atoms with van der Waals surface area (Å²) in [6.07, 6.45) is 6.87. The Bertz CT molecular complexity index is 1070. The molecule has 1 aromatic carbocycles. The van der Waals surface area contributed by atoms with Crippen molar-refractivity contribution < 1.29 is 9.59 Å². The molecule has 3 N–H and O–H groups in total. The van der Waals surface area contributed by atoms with E-state index in [0.29, 0.717) is 0 Å². The molecular formula is C23H31BrN6O2. The SMILES string of the molecule is C=O.C=O.CCC.CCNc1nc2c(-c3cnc4ccccc4c3)cnn2cc1Br.CN. The molecular weight excluding hydrogens is 472 g/mol. The maximum Gasteiger partial charge on any atom is 0.165 e. The molecule has 0 atom stereocenters. The standard InChI is InChI=1S/C17H14BrN5.C3H8.CH5N.2CH2O/c1-2-19-16-14(18)10-23-17(22-16)13(9-21-23)12-7-11-5-3-4-6-15(11)20-8-12;1-3-2;3*1-2/h3-10H,2H2,1H3,(H,19,22);3H2,1-2H3;2H2,1H3;2*1H2. The lowest BCUT2D eigenvalue weighted by atomic mass is 10.1. The van der Waals surface area contributed by atoms with Crippen molar-refractivity contribution in [1.29, 1.82) is 0 Å². The zero-order chi connectivity index (χ0) is 24.5. The minimum absolute atomic E-state index is 0.807. The minimum atomic E-state index is 0.807. The maximum atomic E-state index is 8.00. The largest absolute Gasteiger partial charge is 0.369 e. The van der Waals surface area contributed by atoms with E-state index in [1.807, 2.05) is 57.3 Å². The van der Waals surface area contributed by atoms with Gasteiger partial charge >= 0.3 is 0 Å². The highest BCUT2D eigenvalue weighted by atomic mass is 79.9. The van der Waals surface area contributed by atoms with Crippen molar-refractivity contribution in [2.24, 2.45) is 5.73 Å². The van der Waals surface area contributed by atoms with Crippen molar-refractivity contribution in [3.8, 4) is 11.1 Å². The highest BCUT2D eigenvalue weighted by molar-refractivity contribution is 9.10. The van der Waals surface area contributed by atoms with Crippen molar-refractivity contribution in [2.75, 3.05) is 18.9 Å². The fourth-order valence-corrected chi connectivity index (χ4v) is 3.03. The molecule has 4 aromatic rings. The molecule has 4 rings (SSSR count). The Morgan fingerprint density at radius 2 is 1.69 bits per heavy atom. The molecule has 8 nitrogen and oxygen atoms in total. The number of nitrogens with one attached hydrogen (secondary N) is 1. The van der Waals surface area contributed by atoms with Crippen molar-refractivity contribution in [2.45, 2.75) is 27.2 Å². The quantitative estimate of drug-likeness (QED) is 0.414. The summed E-state index contributed by atoms with van der Waals surface area (Å²) in [5.41, 5.74) is 8.27. The summed E-state index contributed by atoms with van der Waals surface area (Å²) in [6, 6.07) is 10.2. The number of rotatable bonds is 3. The molecule has 0 aliphatic heterocycles. The van der Waals surface area contributed by atoms with Crippen LogP contribution in [0.5, 0.6) is 0 Å². The highest BCUT2D eigenvalue weighted by Crippen LogP contribution is 2.28. The Morgan fingerprint density at radius 1 is 1.06 bits per heavy atom. The molecule has 0 unspecified atom stereocenters. The van der Waals surface area contributed by atoms with Gasteiger partial charge < -0.3 is 20.6 Å². The van der Waals surface area contributed by atoms with Crippen LogP contribution in [0.1, 0.15) is 27.2 Å². The summed E-state index contributed by atoms with van der Waals surface area (Å²) in [7, 11) is 1.50. The molecule has 0 bridgehead atoms. The Balaban J connectivity index is 0.000000948. The van der Waals surface area contributed by atoms with E-state index in [1.165, 1.54) is 13.5 Å². The number of aromatic nitrogens is 4. The molecule has 0 spiro atoms. The van der Waals surface area contributed by atoms with E-state index in [1.54, 1.807) is 4.52 Å². The van der Waals surface area contributed by atoms with Crippen molar-refractivity contribution >= 4 is 51.9 Å². The van der Waals surface area contributed by atoms with E-state index in [-0.39, 0.29) is 0 Å². The van der Waals surface area contributed by atoms with E-state index in [4.69, 9.17) is 14.6 Å². The summed E-state index contributed by atoms with van der Waals surface area (Å²) >= 11 is 3.52. The van der Waals surface area contributed by atoms with Gasteiger partial charge in [-0.05, 0) is 42.0 Å². The molecule has 0 radical (unpaired) electrons. The minimum Gasteiger partial charge on any atom is -0.369 e. The summed E-state index contributed by atoms with van der Waals surface area (Å²) in [5.74, 6) is 0.815. The lowest BCUT2D eigenvalue weighted by molar-refractivity contribution is -0.0987. The first-order valence-electron chi connectivity index (χ1n) is 9.96. The van der Waals surface area contributed by atoms with Crippen LogP contribution in [0.25, 0.3) is 27.7 Å². The molecule has 0 amide bonds. The normalized spacial score (nSPS) is 9.06. The van der Waals surface area contributed by atoms with Crippen LogP contribution in [-0.2, 0) is 9.59 Å². The van der Waals surface area contributed by atoms with Gasteiger partial charge in [0.25, 0.3) is 0 Å². The van der Waals surface area contributed by atoms with Crippen LogP contribution in [0.3, 0.4) is 0 Å². The average molecular weight is 503 g/mol. The van der Waals surface area contributed by atoms with Gasteiger partial charge in [-0.3, -0.25) is 4.98 Å². The van der Waals surface area contributed by atoms with Gasteiger partial charge in [0, 0.05) is 35.5 Å². The lowest BCUT2D eigenvalue weighted by Crippen LogP contribution is -2.02. The number of halogens is 1. The van der Waals surface area contributed by atoms with Gasteiger partial charge in [-0.1, -0.05) is 38.5 Å². The Kier molecular flexibility index (Phi) is 14.9. The summed E-state index contributed by atoms with van der Waals surface area (Å²) in [4.78, 5) is 25.2. The van der Waals surface area contributed by atoms with Crippen LogP contribution in [0.2, 0.25) is 0 Å². The number of carbonyl (C=O) groups is 2. The summed E-state index contributed by atoms with van der Waals surface area (Å²) in [5, 5.41) is 8.76.